The molecular formula is C21H24N2O7S2. The summed E-state index contributed by atoms with van der Waals surface area (Å²) in [7, 11) is -3.60. The molecule has 0 atom stereocenters. The van der Waals surface area contributed by atoms with Crippen LogP contribution < -0.4 is 10.0 Å². The number of aryl methyl sites for hydroxylation is 1. The van der Waals surface area contributed by atoms with Gasteiger partial charge in [-0.05, 0) is 50.3 Å². The van der Waals surface area contributed by atoms with Crippen molar-refractivity contribution in [1.82, 2.24) is 0 Å². The van der Waals surface area contributed by atoms with Crippen LogP contribution in [0.1, 0.15) is 50.9 Å². The maximum absolute atomic E-state index is 12.5. The standard InChI is InChI=1S/C21H24N2O7S2/c1-3-29-21(26)18-14-9-5-7-11-16(14)31-19(18)22-17(24)12-30-20(25)13-8-4-6-10-15(13)23-32(2,27)28/h4,6,8,10,23H,3,5,7,9,11-12H2,1-2H3,(H,22,24). The molecule has 0 unspecified atom stereocenters. The van der Waals surface area contributed by atoms with E-state index in [1.807, 2.05) is 0 Å². The number of thiophene rings is 1. The first kappa shape index (κ1) is 23.7. The number of carbonyl (C=O) groups excluding carboxylic acids is 3. The van der Waals surface area contributed by atoms with Crippen LogP contribution in [0.15, 0.2) is 24.3 Å². The largest absolute Gasteiger partial charge is 0.462 e. The topological polar surface area (TPSA) is 128 Å². The number of nitrogens with one attached hydrogen (secondary N) is 2. The Kier molecular flexibility index (Phi) is 7.52. The van der Waals surface area contributed by atoms with Crippen molar-refractivity contribution < 1.29 is 32.3 Å². The van der Waals surface area contributed by atoms with Crippen LogP contribution >= 0.6 is 11.3 Å². The van der Waals surface area contributed by atoms with E-state index in [9.17, 15) is 22.8 Å². The highest BCUT2D eigenvalue weighted by Crippen LogP contribution is 2.38. The molecule has 1 aliphatic rings. The van der Waals surface area contributed by atoms with Crippen LogP contribution in [-0.4, -0.2) is 45.7 Å². The first-order valence-corrected chi connectivity index (χ1v) is 12.8. The number of ether oxygens (including phenoxy) is 2. The lowest BCUT2D eigenvalue weighted by Gasteiger charge is -2.12. The first-order chi connectivity index (χ1) is 15.2. The van der Waals surface area contributed by atoms with Crippen molar-refractivity contribution in [3.63, 3.8) is 0 Å². The quantitative estimate of drug-likeness (QED) is 0.556. The van der Waals surface area contributed by atoms with E-state index in [1.165, 1.54) is 23.5 Å². The molecule has 0 radical (unpaired) electrons. The Balaban J connectivity index is 1.70. The Labute approximate surface area is 190 Å². The van der Waals surface area contributed by atoms with Gasteiger partial charge in [0.05, 0.1) is 29.7 Å². The summed E-state index contributed by atoms with van der Waals surface area (Å²) in [6, 6.07) is 5.91. The number of sulfonamides is 1. The van der Waals surface area contributed by atoms with Crippen molar-refractivity contribution in [1.29, 1.82) is 0 Å². The van der Waals surface area contributed by atoms with Crippen molar-refractivity contribution in [3.05, 3.63) is 45.8 Å². The molecule has 0 saturated heterocycles. The van der Waals surface area contributed by atoms with Crippen LogP contribution in [-0.2, 0) is 37.1 Å². The van der Waals surface area contributed by atoms with E-state index in [0.29, 0.717) is 10.6 Å². The van der Waals surface area contributed by atoms with Gasteiger partial charge in [-0.3, -0.25) is 9.52 Å². The number of amides is 1. The number of para-hydroxylation sites is 1. The summed E-state index contributed by atoms with van der Waals surface area (Å²) in [5.41, 5.74) is 1.31. The molecule has 1 aliphatic carbocycles. The van der Waals surface area contributed by atoms with Crippen LogP contribution in [0.4, 0.5) is 10.7 Å². The molecule has 0 spiro atoms. The van der Waals surface area contributed by atoms with Crippen molar-refractivity contribution >= 4 is 49.9 Å². The highest BCUT2D eigenvalue weighted by atomic mass is 32.2. The first-order valence-electron chi connectivity index (χ1n) is 10.0. The summed E-state index contributed by atoms with van der Waals surface area (Å²) in [4.78, 5) is 38.4. The molecule has 1 aromatic carbocycles. The second-order valence-electron chi connectivity index (χ2n) is 7.18. The number of carbonyl (C=O) groups is 3. The number of rotatable bonds is 8. The number of hydrogen-bond acceptors (Lipinski definition) is 8. The zero-order valence-corrected chi connectivity index (χ0v) is 19.4. The van der Waals surface area contributed by atoms with Crippen LogP contribution in [0.3, 0.4) is 0 Å². The second kappa shape index (κ2) is 10.1. The summed E-state index contributed by atoms with van der Waals surface area (Å²) in [6.07, 6.45) is 4.52. The van der Waals surface area contributed by atoms with E-state index in [2.05, 4.69) is 10.0 Å². The molecule has 1 amide bonds. The molecule has 2 N–H and O–H groups in total. The number of hydrogen-bond donors (Lipinski definition) is 2. The third-order valence-corrected chi connectivity index (χ3v) is 6.48. The van der Waals surface area contributed by atoms with Crippen LogP contribution in [0.5, 0.6) is 0 Å². The summed E-state index contributed by atoms with van der Waals surface area (Å²) in [5.74, 6) is -1.96. The van der Waals surface area contributed by atoms with E-state index in [4.69, 9.17) is 9.47 Å². The molecule has 9 nitrogen and oxygen atoms in total. The summed E-state index contributed by atoms with van der Waals surface area (Å²) in [6.45, 7) is 1.33. The molecule has 32 heavy (non-hydrogen) atoms. The monoisotopic (exact) mass is 480 g/mol. The van der Waals surface area contributed by atoms with E-state index in [0.717, 1.165) is 42.4 Å². The fourth-order valence-corrected chi connectivity index (χ4v) is 5.27. The number of benzene rings is 1. The average molecular weight is 481 g/mol. The van der Waals surface area contributed by atoms with Crippen molar-refractivity contribution in [2.24, 2.45) is 0 Å². The van der Waals surface area contributed by atoms with E-state index in [-0.39, 0.29) is 17.9 Å². The molecule has 2 aromatic rings. The van der Waals surface area contributed by atoms with E-state index >= 15 is 0 Å². The predicted octanol–water partition coefficient (Wildman–Crippen LogP) is 2.97. The van der Waals surface area contributed by atoms with Gasteiger partial charge in [-0.15, -0.1) is 11.3 Å². The van der Waals surface area contributed by atoms with Gasteiger partial charge in [0.1, 0.15) is 5.00 Å². The van der Waals surface area contributed by atoms with Crippen LogP contribution in [0.2, 0.25) is 0 Å². The minimum atomic E-state index is -3.60. The fourth-order valence-electron chi connectivity index (χ4n) is 3.39. The molecule has 0 fully saturated rings. The summed E-state index contributed by atoms with van der Waals surface area (Å²) < 4.78 is 35.5. The highest BCUT2D eigenvalue weighted by molar-refractivity contribution is 7.92. The lowest BCUT2D eigenvalue weighted by Crippen LogP contribution is -2.22. The van der Waals surface area contributed by atoms with Crippen molar-refractivity contribution in [3.8, 4) is 0 Å². The van der Waals surface area contributed by atoms with Gasteiger partial charge in [-0.2, -0.15) is 0 Å². The molecule has 0 bridgehead atoms. The predicted molar refractivity (Wildman–Crippen MR) is 121 cm³/mol. The average Bonchev–Trinajstić information content (AvgIpc) is 3.09. The van der Waals surface area contributed by atoms with Gasteiger partial charge < -0.3 is 14.8 Å². The van der Waals surface area contributed by atoms with Crippen molar-refractivity contribution in [2.45, 2.75) is 32.6 Å². The number of esters is 2. The fraction of sp³-hybridized carbons (Fsp3) is 0.381. The van der Waals surface area contributed by atoms with E-state index < -0.39 is 34.5 Å². The molecule has 11 heteroatoms. The SMILES string of the molecule is CCOC(=O)c1c(NC(=O)COC(=O)c2ccccc2NS(C)(=O)=O)sc2c1CCCC2. The molecule has 0 saturated carbocycles. The van der Waals surface area contributed by atoms with Crippen molar-refractivity contribution in [2.75, 3.05) is 29.5 Å². The van der Waals surface area contributed by atoms with E-state index in [1.54, 1.807) is 19.1 Å². The van der Waals surface area contributed by atoms with Crippen LogP contribution in [0.25, 0.3) is 0 Å². The van der Waals surface area contributed by atoms with Gasteiger partial charge in [0.15, 0.2) is 6.61 Å². The summed E-state index contributed by atoms with van der Waals surface area (Å²) >= 11 is 1.33. The third kappa shape index (κ3) is 5.86. The minimum Gasteiger partial charge on any atom is -0.462 e. The summed E-state index contributed by atoms with van der Waals surface area (Å²) in [5, 5.41) is 3.04. The van der Waals surface area contributed by atoms with Gasteiger partial charge in [-0.1, -0.05) is 12.1 Å². The second-order valence-corrected chi connectivity index (χ2v) is 10.0. The lowest BCUT2D eigenvalue weighted by atomic mass is 9.95. The smallest absolute Gasteiger partial charge is 0.341 e. The zero-order valence-electron chi connectivity index (χ0n) is 17.7. The van der Waals surface area contributed by atoms with Gasteiger partial charge in [0.2, 0.25) is 10.0 Å². The maximum atomic E-state index is 12.5. The van der Waals surface area contributed by atoms with Crippen LogP contribution in [0, 0.1) is 0 Å². The Morgan fingerprint density at radius 3 is 2.50 bits per heavy atom. The molecule has 1 aromatic heterocycles. The molecular weight excluding hydrogens is 456 g/mol. The Morgan fingerprint density at radius 1 is 1.06 bits per heavy atom. The number of fused-ring (bicyclic) bond motifs is 1. The Bertz CT molecular complexity index is 1140. The lowest BCUT2D eigenvalue weighted by molar-refractivity contribution is -0.119. The number of anilines is 2. The minimum absolute atomic E-state index is 0.0236. The normalized spacial score (nSPS) is 13.1. The Hall–Kier alpha value is -2.92. The molecule has 3 rings (SSSR count). The zero-order chi connectivity index (χ0) is 23.3. The molecule has 172 valence electrons. The maximum Gasteiger partial charge on any atom is 0.341 e. The highest BCUT2D eigenvalue weighted by Gasteiger charge is 2.27. The molecule has 1 heterocycles. The molecule has 0 aliphatic heterocycles. The van der Waals surface area contributed by atoms with Gasteiger partial charge in [-0.25, -0.2) is 18.0 Å². The van der Waals surface area contributed by atoms with Gasteiger partial charge in [0, 0.05) is 4.88 Å². The van der Waals surface area contributed by atoms with Gasteiger partial charge >= 0.3 is 11.9 Å². The van der Waals surface area contributed by atoms with Gasteiger partial charge in [0.25, 0.3) is 5.91 Å². The third-order valence-electron chi connectivity index (χ3n) is 4.68. The Morgan fingerprint density at radius 2 is 1.78 bits per heavy atom.